The molecule has 1 aliphatic rings. The smallest absolute Gasteiger partial charge is 0.151 e. The van der Waals surface area contributed by atoms with E-state index < -0.39 is 9.84 Å². The molecule has 106 valence electrons. The van der Waals surface area contributed by atoms with E-state index in [-0.39, 0.29) is 24.4 Å². The maximum Gasteiger partial charge on any atom is 0.151 e. The van der Waals surface area contributed by atoms with Crippen LogP contribution in [-0.2, 0) is 9.84 Å². The van der Waals surface area contributed by atoms with Crippen LogP contribution in [0.4, 0.5) is 0 Å². The third-order valence-electron chi connectivity index (χ3n) is 3.52. The summed E-state index contributed by atoms with van der Waals surface area (Å²) < 4.78 is 23.3. The minimum atomic E-state index is -2.90. The summed E-state index contributed by atoms with van der Waals surface area (Å²) >= 11 is 0. The van der Waals surface area contributed by atoms with Crippen LogP contribution in [0.2, 0.25) is 0 Å². The van der Waals surface area contributed by atoms with E-state index in [2.05, 4.69) is 5.32 Å². The Balaban J connectivity index is 2.05. The number of sulfone groups is 1. The molecule has 2 atom stereocenters. The average Bonchev–Trinajstić information content (AvgIpc) is 2.38. The second-order valence-corrected chi connectivity index (χ2v) is 7.32. The van der Waals surface area contributed by atoms with Gasteiger partial charge in [-0.05, 0) is 24.8 Å². The molecule has 1 fully saturated rings. The number of nitrogens with one attached hydrogen (secondary N) is 1. The van der Waals surface area contributed by atoms with Gasteiger partial charge in [0, 0.05) is 18.7 Å². The second-order valence-electron chi connectivity index (χ2n) is 5.10. The zero-order chi connectivity index (χ0) is 13.7. The molecule has 0 radical (unpaired) electrons. The SMILES string of the molecule is O=S1(=O)CCCC(N[C@H](CCO)c2ccccc2)C1. The third-order valence-corrected chi connectivity index (χ3v) is 5.34. The van der Waals surface area contributed by atoms with Gasteiger partial charge in [-0.3, -0.25) is 0 Å². The highest BCUT2D eigenvalue weighted by Crippen LogP contribution is 2.20. The van der Waals surface area contributed by atoms with E-state index in [1.54, 1.807) is 0 Å². The van der Waals surface area contributed by atoms with Crippen molar-refractivity contribution >= 4 is 9.84 Å². The highest BCUT2D eigenvalue weighted by molar-refractivity contribution is 7.91. The van der Waals surface area contributed by atoms with Gasteiger partial charge in [-0.2, -0.15) is 0 Å². The summed E-state index contributed by atoms with van der Waals surface area (Å²) in [4.78, 5) is 0. The maximum absolute atomic E-state index is 11.6. The first-order valence-corrected chi connectivity index (χ1v) is 8.55. The van der Waals surface area contributed by atoms with Crippen molar-refractivity contribution in [3.05, 3.63) is 35.9 Å². The van der Waals surface area contributed by atoms with Crippen molar-refractivity contribution < 1.29 is 13.5 Å². The zero-order valence-electron chi connectivity index (χ0n) is 11.0. The Morgan fingerprint density at radius 3 is 2.68 bits per heavy atom. The Morgan fingerprint density at radius 1 is 1.32 bits per heavy atom. The van der Waals surface area contributed by atoms with Crippen LogP contribution in [0.5, 0.6) is 0 Å². The fourth-order valence-corrected chi connectivity index (χ4v) is 4.25. The molecule has 0 spiro atoms. The maximum atomic E-state index is 11.6. The van der Waals surface area contributed by atoms with Crippen molar-refractivity contribution in [3.63, 3.8) is 0 Å². The summed E-state index contributed by atoms with van der Waals surface area (Å²) in [5.74, 6) is 0.517. The predicted molar refractivity (Wildman–Crippen MR) is 75.7 cm³/mol. The summed E-state index contributed by atoms with van der Waals surface area (Å²) in [5, 5.41) is 12.6. The van der Waals surface area contributed by atoms with Crippen LogP contribution in [0, 0.1) is 0 Å². The van der Waals surface area contributed by atoms with Gasteiger partial charge in [-0.15, -0.1) is 0 Å². The lowest BCUT2D eigenvalue weighted by Gasteiger charge is -2.28. The van der Waals surface area contributed by atoms with E-state index in [0.717, 1.165) is 18.4 Å². The monoisotopic (exact) mass is 283 g/mol. The molecule has 1 aliphatic heterocycles. The van der Waals surface area contributed by atoms with E-state index in [1.807, 2.05) is 30.3 Å². The van der Waals surface area contributed by atoms with Gasteiger partial charge in [0.15, 0.2) is 9.84 Å². The lowest BCUT2D eigenvalue weighted by atomic mass is 10.0. The van der Waals surface area contributed by atoms with Crippen molar-refractivity contribution in [1.82, 2.24) is 5.32 Å². The first-order valence-electron chi connectivity index (χ1n) is 6.73. The summed E-state index contributed by atoms with van der Waals surface area (Å²) in [7, 11) is -2.90. The van der Waals surface area contributed by atoms with Crippen LogP contribution in [0.25, 0.3) is 0 Å². The van der Waals surface area contributed by atoms with Crippen LogP contribution < -0.4 is 5.32 Å². The molecule has 0 amide bonds. The largest absolute Gasteiger partial charge is 0.396 e. The van der Waals surface area contributed by atoms with Crippen LogP contribution >= 0.6 is 0 Å². The Kier molecular flexibility index (Phi) is 4.96. The molecule has 1 saturated heterocycles. The van der Waals surface area contributed by atoms with E-state index >= 15 is 0 Å². The Bertz CT molecular complexity index is 487. The first-order chi connectivity index (χ1) is 9.11. The van der Waals surface area contributed by atoms with Crippen molar-refractivity contribution in [3.8, 4) is 0 Å². The van der Waals surface area contributed by atoms with E-state index in [9.17, 15) is 13.5 Å². The number of rotatable bonds is 5. The molecule has 0 aromatic heterocycles. The average molecular weight is 283 g/mol. The van der Waals surface area contributed by atoms with E-state index in [4.69, 9.17) is 0 Å². The molecule has 0 bridgehead atoms. The lowest BCUT2D eigenvalue weighted by Crippen LogP contribution is -2.42. The fraction of sp³-hybridized carbons (Fsp3) is 0.571. The summed E-state index contributed by atoms with van der Waals surface area (Å²) in [6, 6.07) is 9.89. The van der Waals surface area contributed by atoms with Gasteiger partial charge in [0.25, 0.3) is 0 Å². The van der Waals surface area contributed by atoms with Crippen LogP contribution in [0.1, 0.15) is 30.9 Å². The molecule has 2 rings (SSSR count). The van der Waals surface area contributed by atoms with Crippen molar-refractivity contribution in [2.75, 3.05) is 18.1 Å². The molecular weight excluding hydrogens is 262 g/mol. The Labute approximate surface area is 114 Å². The van der Waals surface area contributed by atoms with Crippen LogP contribution in [0.15, 0.2) is 30.3 Å². The first kappa shape index (κ1) is 14.5. The number of hydrogen-bond acceptors (Lipinski definition) is 4. The quantitative estimate of drug-likeness (QED) is 0.854. The lowest BCUT2D eigenvalue weighted by molar-refractivity contribution is 0.258. The van der Waals surface area contributed by atoms with Gasteiger partial charge in [0.05, 0.1) is 11.5 Å². The predicted octanol–water partition coefficient (Wildman–Crippen LogP) is 1.28. The molecule has 0 saturated carbocycles. The minimum Gasteiger partial charge on any atom is -0.396 e. The van der Waals surface area contributed by atoms with Gasteiger partial charge in [-0.25, -0.2) is 8.42 Å². The topological polar surface area (TPSA) is 66.4 Å². The Hall–Kier alpha value is -0.910. The van der Waals surface area contributed by atoms with Gasteiger partial charge in [0.1, 0.15) is 0 Å². The van der Waals surface area contributed by atoms with Crippen LogP contribution in [0.3, 0.4) is 0 Å². The number of hydrogen-bond donors (Lipinski definition) is 2. The van der Waals surface area contributed by atoms with Gasteiger partial charge in [-0.1, -0.05) is 30.3 Å². The fourth-order valence-electron chi connectivity index (χ4n) is 2.60. The second kappa shape index (κ2) is 6.50. The third kappa shape index (κ3) is 4.30. The number of aliphatic hydroxyl groups excluding tert-OH is 1. The summed E-state index contributed by atoms with van der Waals surface area (Å²) in [6.07, 6.45) is 2.20. The molecule has 0 aliphatic carbocycles. The molecule has 4 nitrogen and oxygen atoms in total. The minimum absolute atomic E-state index is 0.00416. The molecule has 5 heteroatoms. The zero-order valence-corrected chi connectivity index (χ0v) is 11.8. The number of aliphatic hydroxyl groups is 1. The normalized spacial score (nSPS) is 23.9. The molecule has 1 heterocycles. The van der Waals surface area contributed by atoms with Crippen molar-refractivity contribution in [2.45, 2.75) is 31.3 Å². The molecular formula is C14H21NO3S. The highest BCUT2D eigenvalue weighted by Gasteiger charge is 2.26. The van der Waals surface area contributed by atoms with Gasteiger partial charge in [0.2, 0.25) is 0 Å². The number of benzene rings is 1. The molecule has 1 aromatic carbocycles. The molecule has 2 N–H and O–H groups in total. The highest BCUT2D eigenvalue weighted by atomic mass is 32.2. The van der Waals surface area contributed by atoms with Crippen molar-refractivity contribution in [2.24, 2.45) is 0 Å². The van der Waals surface area contributed by atoms with Gasteiger partial charge < -0.3 is 10.4 Å². The molecule has 19 heavy (non-hydrogen) atoms. The summed E-state index contributed by atoms with van der Waals surface area (Å²) in [5.41, 5.74) is 1.10. The van der Waals surface area contributed by atoms with E-state index in [0.29, 0.717) is 12.2 Å². The van der Waals surface area contributed by atoms with Gasteiger partial charge >= 0.3 is 0 Å². The molecule has 1 aromatic rings. The van der Waals surface area contributed by atoms with Crippen LogP contribution in [-0.4, -0.2) is 37.7 Å². The standard InChI is InChI=1S/C14H21NO3S/c16-9-8-14(12-5-2-1-3-6-12)15-13-7-4-10-19(17,18)11-13/h1-3,5-6,13-16H,4,7-11H2/t13?,14-/m1/s1. The Morgan fingerprint density at radius 2 is 2.05 bits per heavy atom. The van der Waals surface area contributed by atoms with Crippen molar-refractivity contribution in [1.29, 1.82) is 0 Å². The summed E-state index contributed by atoms with van der Waals surface area (Å²) in [6.45, 7) is 0.0893. The van der Waals surface area contributed by atoms with E-state index in [1.165, 1.54) is 0 Å². The molecule has 1 unspecified atom stereocenters.